The zero-order chi connectivity index (χ0) is 17.8. The monoisotopic (exact) mass is 357 g/mol. The Kier molecular flexibility index (Phi) is 4.90. The molecule has 8 heteroatoms. The third-order valence-electron chi connectivity index (χ3n) is 3.28. The second-order valence-corrected chi connectivity index (χ2v) is 6.05. The standard InChI is InChI=1S/C17H15N3O4S/c1-3-23-16(22)14-10(2)18-17(25-14)19-15(21)12-9-13(24-20-12)11-7-5-4-6-8-11/h4-9H,3H2,1-2H3,(H,18,19,21). The fraction of sp³-hybridized carbons (Fsp3) is 0.176. The summed E-state index contributed by atoms with van der Waals surface area (Å²) in [6.45, 7) is 3.69. The van der Waals surface area contributed by atoms with Gasteiger partial charge in [-0.3, -0.25) is 10.1 Å². The van der Waals surface area contributed by atoms with Gasteiger partial charge in [0.2, 0.25) is 0 Å². The van der Waals surface area contributed by atoms with Crippen LogP contribution in [0.2, 0.25) is 0 Å². The third-order valence-corrected chi connectivity index (χ3v) is 4.33. The summed E-state index contributed by atoms with van der Waals surface area (Å²) >= 11 is 1.06. The molecule has 128 valence electrons. The average Bonchev–Trinajstić information content (AvgIpc) is 3.23. The number of anilines is 1. The molecular formula is C17H15N3O4S. The number of rotatable bonds is 5. The summed E-state index contributed by atoms with van der Waals surface area (Å²) in [6, 6.07) is 10.9. The summed E-state index contributed by atoms with van der Waals surface area (Å²) in [5.74, 6) is -0.422. The molecule has 0 unspecified atom stereocenters. The maximum atomic E-state index is 12.3. The molecule has 0 bridgehead atoms. The molecule has 0 fully saturated rings. The molecular weight excluding hydrogens is 342 g/mol. The van der Waals surface area contributed by atoms with Crippen molar-refractivity contribution in [1.29, 1.82) is 0 Å². The predicted molar refractivity (Wildman–Crippen MR) is 92.7 cm³/mol. The number of hydrogen-bond donors (Lipinski definition) is 1. The van der Waals surface area contributed by atoms with Crippen LogP contribution in [-0.2, 0) is 4.74 Å². The SMILES string of the molecule is CCOC(=O)c1sc(NC(=O)c2cc(-c3ccccc3)on2)nc1C. The Bertz CT molecular complexity index is 902. The number of carbonyl (C=O) groups is 2. The number of ether oxygens (including phenoxy) is 1. The molecule has 0 aliphatic rings. The van der Waals surface area contributed by atoms with Gasteiger partial charge in [-0.15, -0.1) is 0 Å². The van der Waals surface area contributed by atoms with Crippen LogP contribution in [0.4, 0.5) is 5.13 Å². The molecule has 7 nitrogen and oxygen atoms in total. The van der Waals surface area contributed by atoms with E-state index in [1.54, 1.807) is 19.9 Å². The molecule has 2 aromatic heterocycles. The molecule has 1 amide bonds. The molecule has 1 N–H and O–H groups in total. The number of carbonyl (C=O) groups excluding carboxylic acids is 2. The van der Waals surface area contributed by atoms with Gasteiger partial charge in [-0.1, -0.05) is 46.8 Å². The van der Waals surface area contributed by atoms with Gasteiger partial charge < -0.3 is 9.26 Å². The van der Waals surface area contributed by atoms with E-state index in [0.29, 0.717) is 21.5 Å². The summed E-state index contributed by atoms with van der Waals surface area (Å²) in [4.78, 5) is 28.6. The van der Waals surface area contributed by atoms with Crippen LogP contribution in [-0.4, -0.2) is 28.6 Å². The van der Waals surface area contributed by atoms with Crippen LogP contribution in [0.25, 0.3) is 11.3 Å². The molecule has 0 saturated carbocycles. The molecule has 25 heavy (non-hydrogen) atoms. The van der Waals surface area contributed by atoms with E-state index in [9.17, 15) is 9.59 Å². The number of amides is 1. The first-order valence-electron chi connectivity index (χ1n) is 7.56. The maximum Gasteiger partial charge on any atom is 0.350 e. The summed E-state index contributed by atoms with van der Waals surface area (Å²) in [7, 11) is 0. The minimum atomic E-state index is -0.463. The lowest BCUT2D eigenvalue weighted by atomic mass is 10.1. The third kappa shape index (κ3) is 3.74. The zero-order valence-corrected chi connectivity index (χ0v) is 14.4. The summed E-state index contributed by atoms with van der Waals surface area (Å²) in [5.41, 5.74) is 1.46. The number of aromatic nitrogens is 2. The van der Waals surface area contributed by atoms with Crippen LogP contribution < -0.4 is 5.32 Å². The first-order valence-corrected chi connectivity index (χ1v) is 8.38. The van der Waals surface area contributed by atoms with E-state index in [2.05, 4.69) is 15.5 Å². The van der Waals surface area contributed by atoms with Crippen molar-refractivity contribution in [2.24, 2.45) is 0 Å². The largest absolute Gasteiger partial charge is 0.462 e. The highest BCUT2D eigenvalue weighted by Gasteiger charge is 2.19. The highest BCUT2D eigenvalue weighted by Crippen LogP contribution is 2.25. The highest BCUT2D eigenvalue weighted by atomic mass is 32.1. The quantitative estimate of drug-likeness (QED) is 0.702. The molecule has 3 aromatic rings. The molecule has 1 aromatic carbocycles. The molecule has 3 rings (SSSR count). The molecule has 2 heterocycles. The van der Waals surface area contributed by atoms with Crippen LogP contribution in [0.3, 0.4) is 0 Å². The van der Waals surface area contributed by atoms with Gasteiger partial charge in [-0.25, -0.2) is 9.78 Å². The fourth-order valence-corrected chi connectivity index (χ4v) is 2.97. The van der Waals surface area contributed by atoms with Gasteiger partial charge >= 0.3 is 5.97 Å². The zero-order valence-electron chi connectivity index (χ0n) is 13.6. The second kappa shape index (κ2) is 7.27. The Labute approximate surface area is 147 Å². The van der Waals surface area contributed by atoms with Gasteiger partial charge in [0.05, 0.1) is 12.3 Å². The van der Waals surface area contributed by atoms with E-state index in [1.165, 1.54) is 0 Å². The van der Waals surface area contributed by atoms with Crippen LogP contribution in [0.15, 0.2) is 40.9 Å². The predicted octanol–water partition coefficient (Wildman–Crippen LogP) is 3.54. The molecule has 0 atom stereocenters. The Balaban J connectivity index is 1.74. The smallest absolute Gasteiger partial charge is 0.350 e. The number of nitrogens with zero attached hydrogens (tertiary/aromatic N) is 2. The topological polar surface area (TPSA) is 94.3 Å². The lowest BCUT2D eigenvalue weighted by Crippen LogP contribution is -2.11. The van der Waals surface area contributed by atoms with Gasteiger partial charge in [0.15, 0.2) is 16.6 Å². The van der Waals surface area contributed by atoms with Crippen molar-refractivity contribution in [3.05, 3.63) is 52.7 Å². The number of aryl methyl sites for hydroxylation is 1. The van der Waals surface area contributed by atoms with Crippen molar-refractivity contribution in [1.82, 2.24) is 10.1 Å². The lowest BCUT2D eigenvalue weighted by molar-refractivity contribution is 0.0531. The Morgan fingerprint density at radius 3 is 2.76 bits per heavy atom. The first kappa shape index (κ1) is 16.8. The molecule has 0 aliphatic carbocycles. The van der Waals surface area contributed by atoms with E-state index < -0.39 is 11.9 Å². The molecule has 0 aliphatic heterocycles. The van der Waals surface area contributed by atoms with Crippen molar-refractivity contribution < 1.29 is 18.8 Å². The van der Waals surface area contributed by atoms with Gasteiger partial charge in [-0.2, -0.15) is 0 Å². The van der Waals surface area contributed by atoms with Crippen molar-refractivity contribution >= 4 is 28.3 Å². The van der Waals surface area contributed by atoms with Crippen molar-refractivity contribution in [2.45, 2.75) is 13.8 Å². The Hall–Kier alpha value is -3.00. The van der Waals surface area contributed by atoms with Crippen LogP contribution >= 0.6 is 11.3 Å². The van der Waals surface area contributed by atoms with Crippen molar-refractivity contribution in [3.8, 4) is 11.3 Å². The minimum absolute atomic E-state index is 0.129. The van der Waals surface area contributed by atoms with Gasteiger partial charge in [0.25, 0.3) is 5.91 Å². The minimum Gasteiger partial charge on any atom is -0.462 e. The first-order chi connectivity index (χ1) is 12.1. The van der Waals surface area contributed by atoms with Gasteiger partial charge in [0.1, 0.15) is 4.88 Å². The van der Waals surface area contributed by atoms with Crippen molar-refractivity contribution in [2.75, 3.05) is 11.9 Å². The number of nitrogens with one attached hydrogen (secondary N) is 1. The molecule has 0 radical (unpaired) electrons. The normalized spacial score (nSPS) is 10.5. The molecule has 0 saturated heterocycles. The average molecular weight is 357 g/mol. The lowest BCUT2D eigenvalue weighted by Gasteiger charge is -1.97. The maximum absolute atomic E-state index is 12.3. The Morgan fingerprint density at radius 2 is 2.04 bits per heavy atom. The summed E-state index contributed by atoms with van der Waals surface area (Å²) < 4.78 is 10.2. The van der Waals surface area contributed by atoms with Gasteiger partial charge in [0, 0.05) is 11.6 Å². The van der Waals surface area contributed by atoms with E-state index in [1.807, 2.05) is 30.3 Å². The number of benzene rings is 1. The van der Waals surface area contributed by atoms with Gasteiger partial charge in [-0.05, 0) is 13.8 Å². The van der Waals surface area contributed by atoms with E-state index >= 15 is 0 Å². The van der Waals surface area contributed by atoms with E-state index in [-0.39, 0.29) is 12.3 Å². The fourth-order valence-electron chi connectivity index (χ4n) is 2.12. The molecule has 0 spiro atoms. The summed E-state index contributed by atoms with van der Waals surface area (Å²) in [6.07, 6.45) is 0. The summed E-state index contributed by atoms with van der Waals surface area (Å²) in [5, 5.41) is 6.70. The number of hydrogen-bond acceptors (Lipinski definition) is 7. The number of esters is 1. The Morgan fingerprint density at radius 1 is 1.28 bits per heavy atom. The van der Waals surface area contributed by atoms with Crippen molar-refractivity contribution in [3.63, 3.8) is 0 Å². The van der Waals surface area contributed by atoms with E-state index in [0.717, 1.165) is 16.9 Å². The van der Waals surface area contributed by atoms with Crippen LogP contribution in [0.1, 0.15) is 32.8 Å². The number of thiazole rings is 1. The van der Waals surface area contributed by atoms with E-state index in [4.69, 9.17) is 9.26 Å². The highest BCUT2D eigenvalue weighted by molar-refractivity contribution is 7.17. The van der Waals surface area contributed by atoms with Crippen LogP contribution in [0, 0.1) is 6.92 Å². The second-order valence-electron chi connectivity index (χ2n) is 5.05. The van der Waals surface area contributed by atoms with Crippen LogP contribution in [0.5, 0.6) is 0 Å².